The van der Waals surface area contributed by atoms with Gasteiger partial charge in [0.1, 0.15) is 11.5 Å². The summed E-state index contributed by atoms with van der Waals surface area (Å²) in [7, 11) is -1.50. The highest BCUT2D eigenvalue weighted by molar-refractivity contribution is 7.91. The van der Waals surface area contributed by atoms with Crippen LogP contribution in [0.4, 0.5) is 0 Å². The van der Waals surface area contributed by atoms with Crippen LogP contribution in [0, 0.1) is 0 Å². The first-order valence-corrected chi connectivity index (χ1v) is 8.22. The molecule has 1 fully saturated rings. The molecular formula is C13H14N2O5S. The fourth-order valence-corrected chi connectivity index (χ4v) is 4.06. The number of methoxy groups -OCH3 is 1. The maximum Gasteiger partial charge on any atom is 0.261 e. The molecule has 1 N–H and O–H groups in total. The Hall–Kier alpha value is -2.09. The Bertz CT molecular complexity index is 769. The Morgan fingerprint density at radius 2 is 2.24 bits per heavy atom. The van der Waals surface area contributed by atoms with Crippen LogP contribution in [0.15, 0.2) is 22.7 Å². The zero-order chi connectivity index (χ0) is 15.0. The summed E-state index contributed by atoms with van der Waals surface area (Å²) in [6.45, 7) is 0. The molecule has 1 saturated heterocycles. The normalized spacial score (nSPS) is 20.5. The summed E-state index contributed by atoms with van der Waals surface area (Å²) in [6, 6.07) is 4.66. The lowest BCUT2D eigenvalue weighted by Gasteiger charge is -2.03. The van der Waals surface area contributed by atoms with Gasteiger partial charge in [0.15, 0.2) is 15.7 Å². The molecule has 2 aromatic rings. The highest BCUT2D eigenvalue weighted by Gasteiger charge is 2.32. The van der Waals surface area contributed by atoms with Gasteiger partial charge in [0.2, 0.25) is 0 Å². The fraction of sp³-hybridized carbons (Fsp3) is 0.385. The maximum absolute atomic E-state index is 11.5. The third-order valence-corrected chi connectivity index (χ3v) is 5.24. The molecule has 3 rings (SSSR count). The zero-order valence-electron chi connectivity index (χ0n) is 11.3. The number of rotatable bonds is 3. The second kappa shape index (κ2) is 5.03. The van der Waals surface area contributed by atoms with Crippen molar-refractivity contribution < 1.29 is 22.8 Å². The van der Waals surface area contributed by atoms with E-state index in [0.29, 0.717) is 23.6 Å². The van der Waals surface area contributed by atoms with Crippen molar-refractivity contribution in [2.24, 2.45) is 0 Å². The molecule has 1 aromatic heterocycles. The van der Waals surface area contributed by atoms with Gasteiger partial charge >= 0.3 is 0 Å². The smallest absolute Gasteiger partial charge is 0.261 e. The summed E-state index contributed by atoms with van der Waals surface area (Å²) in [5.74, 6) is 0.970. The molecular weight excluding hydrogens is 296 g/mol. The van der Waals surface area contributed by atoms with Gasteiger partial charge in [-0.25, -0.2) is 8.42 Å². The van der Waals surface area contributed by atoms with Crippen LogP contribution in [0.25, 0.3) is 11.5 Å². The first-order chi connectivity index (χ1) is 9.98. The highest BCUT2D eigenvalue weighted by atomic mass is 32.2. The van der Waals surface area contributed by atoms with Crippen LogP contribution in [0.3, 0.4) is 0 Å². The summed E-state index contributed by atoms with van der Waals surface area (Å²) in [4.78, 5) is 4.21. The minimum Gasteiger partial charge on any atom is -0.507 e. The largest absolute Gasteiger partial charge is 0.507 e. The maximum atomic E-state index is 11.5. The van der Waals surface area contributed by atoms with E-state index in [1.165, 1.54) is 13.2 Å². The van der Waals surface area contributed by atoms with Gasteiger partial charge in [0.25, 0.3) is 5.89 Å². The van der Waals surface area contributed by atoms with Crippen LogP contribution in [-0.2, 0) is 9.84 Å². The number of phenols is 1. The molecule has 2 heterocycles. The van der Waals surface area contributed by atoms with Crippen molar-refractivity contribution in [2.45, 2.75) is 12.3 Å². The van der Waals surface area contributed by atoms with E-state index in [2.05, 4.69) is 10.1 Å². The molecule has 1 unspecified atom stereocenters. The molecule has 0 bridgehead atoms. The van der Waals surface area contributed by atoms with Gasteiger partial charge in [-0.3, -0.25) is 0 Å². The molecule has 0 spiro atoms. The Morgan fingerprint density at radius 3 is 2.90 bits per heavy atom. The van der Waals surface area contributed by atoms with E-state index in [0.717, 1.165) is 0 Å². The first-order valence-electron chi connectivity index (χ1n) is 6.40. The molecule has 0 aliphatic carbocycles. The van der Waals surface area contributed by atoms with Gasteiger partial charge in [0.05, 0.1) is 24.2 Å². The predicted octanol–water partition coefficient (Wildman–Crippen LogP) is 1.35. The molecule has 1 atom stereocenters. The minimum absolute atomic E-state index is 0.00922. The first kappa shape index (κ1) is 13.9. The van der Waals surface area contributed by atoms with Gasteiger partial charge in [-0.2, -0.15) is 4.98 Å². The topological polar surface area (TPSA) is 103 Å². The Balaban J connectivity index is 1.92. The van der Waals surface area contributed by atoms with Gasteiger partial charge in [0, 0.05) is 5.92 Å². The van der Waals surface area contributed by atoms with Crippen LogP contribution in [0.1, 0.15) is 18.2 Å². The molecule has 0 amide bonds. The SMILES string of the molecule is COc1ccc(O)c(-c2nc(C3CCS(=O)(=O)C3)no2)c1. The lowest BCUT2D eigenvalue weighted by molar-refractivity contribution is 0.405. The van der Waals surface area contributed by atoms with E-state index in [1.54, 1.807) is 12.1 Å². The number of aromatic hydroxyl groups is 1. The molecule has 21 heavy (non-hydrogen) atoms. The summed E-state index contributed by atoms with van der Waals surface area (Å²) in [5, 5.41) is 13.7. The van der Waals surface area contributed by atoms with Crippen molar-refractivity contribution in [3.8, 4) is 23.0 Å². The van der Waals surface area contributed by atoms with Crippen molar-refractivity contribution in [1.29, 1.82) is 0 Å². The van der Waals surface area contributed by atoms with E-state index >= 15 is 0 Å². The monoisotopic (exact) mass is 310 g/mol. The standard InChI is InChI=1S/C13H14N2O5S/c1-19-9-2-3-11(16)10(6-9)13-14-12(15-20-13)8-4-5-21(17,18)7-8/h2-3,6,8,16H,4-5,7H2,1H3. The minimum atomic E-state index is -3.01. The summed E-state index contributed by atoms with van der Waals surface area (Å²) in [5.41, 5.74) is 0.356. The number of hydrogen-bond donors (Lipinski definition) is 1. The summed E-state index contributed by atoms with van der Waals surface area (Å²) >= 11 is 0. The molecule has 0 radical (unpaired) electrons. The highest BCUT2D eigenvalue weighted by Crippen LogP contribution is 2.33. The predicted molar refractivity (Wildman–Crippen MR) is 74.0 cm³/mol. The molecule has 8 heteroatoms. The van der Waals surface area contributed by atoms with E-state index in [4.69, 9.17) is 9.26 Å². The Morgan fingerprint density at radius 1 is 1.43 bits per heavy atom. The zero-order valence-corrected chi connectivity index (χ0v) is 12.1. The number of ether oxygens (including phenoxy) is 1. The van der Waals surface area contributed by atoms with Gasteiger partial charge in [-0.15, -0.1) is 0 Å². The number of nitrogens with zero attached hydrogens (tertiary/aromatic N) is 2. The quantitative estimate of drug-likeness (QED) is 0.912. The lowest BCUT2D eigenvalue weighted by atomic mass is 10.1. The van der Waals surface area contributed by atoms with E-state index in [1.807, 2.05) is 0 Å². The number of aromatic nitrogens is 2. The number of hydrogen-bond acceptors (Lipinski definition) is 7. The molecule has 112 valence electrons. The van der Waals surface area contributed by atoms with Crippen molar-refractivity contribution in [2.75, 3.05) is 18.6 Å². The molecule has 1 aliphatic heterocycles. The van der Waals surface area contributed by atoms with Crippen LogP contribution in [-0.4, -0.2) is 42.3 Å². The van der Waals surface area contributed by atoms with E-state index < -0.39 is 9.84 Å². The number of phenolic OH excluding ortho intramolecular Hbond substituents is 1. The second-order valence-corrected chi connectivity index (χ2v) is 7.17. The molecule has 1 aromatic carbocycles. The summed E-state index contributed by atoms with van der Waals surface area (Å²) < 4.78 is 33.2. The van der Waals surface area contributed by atoms with E-state index in [-0.39, 0.29) is 29.1 Å². The van der Waals surface area contributed by atoms with Crippen molar-refractivity contribution >= 4 is 9.84 Å². The average molecular weight is 310 g/mol. The molecule has 1 aliphatic rings. The third kappa shape index (κ3) is 2.71. The van der Waals surface area contributed by atoms with Crippen molar-refractivity contribution in [3.63, 3.8) is 0 Å². The van der Waals surface area contributed by atoms with Crippen molar-refractivity contribution in [3.05, 3.63) is 24.0 Å². The lowest BCUT2D eigenvalue weighted by Crippen LogP contribution is -2.05. The molecule has 0 saturated carbocycles. The number of benzene rings is 1. The van der Waals surface area contributed by atoms with Gasteiger partial charge in [-0.05, 0) is 24.6 Å². The van der Waals surface area contributed by atoms with Crippen molar-refractivity contribution in [1.82, 2.24) is 10.1 Å². The van der Waals surface area contributed by atoms with Gasteiger partial charge in [-0.1, -0.05) is 5.16 Å². The number of sulfone groups is 1. The van der Waals surface area contributed by atoms with E-state index in [9.17, 15) is 13.5 Å². The average Bonchev–Trinajstić information content (AvgIpc) is 3.06. The van der Waals surface area contributed by atoms with Crippen LogP contribution >= 0.6 is 0 Å². The van der Waals surface area contributed by atoms with Crippen LogP contribution < -0.4 is 4.74 Å². The van der Waals surface area contributed by atoms with Gasteiger partial charge < -0.3 is 14.4 Å². The fourth-order valence-electron chi connectivity index (χ4n) is 2.32. The van der Waals surface area contributed by atoms with Crippen LogP contribution in [0.2, 0.25) is 0 Å². The van der Waals surface area contributed by atoms with Crippen LogP contribution in [0.5, 0.6) is 11.5 Å². The second-order valence-electron chi connectivity index (χ2n) is 4.94. The Kier molecular flexibility index (Phi) is 3.32. The summed E-state index contributed by atoms with van der Waals surface area (Å²) in [6.07, 6.45) is 0.491. The molecule has 7 nitrogen and oxygen atoms in total. The Labute approximate surface area is 121 Å². The third-order valence-electron chi connectivity index (χ3n) is 3.47.